The van der Waals surface area contributed by atoms with Gasteiger partial charge in [0.25, 0.3) is 0 Å². The molecule has 1 rings (SSSR count). The zero-order chi connectivity index (χ0) is 16.6. The van der Waals surface area contributed by atoms with Crippen molar-refractivity contribution < 1.29 is 23.5 Å². The van der Waals surface area contributed by atoms with Crippen molar-refractivity contribution in [3.05, 3.63) is 28.4 Å². The minimum absolute atomic E-state index is 0.0981. The Morgan fingerprint density at radius 1 is 1.36 bits per heavy atom. The highest BCUT2D eigenvalue weighted by molar-refractivity contribution is 7.53. The number of ether oxygens (including phenoxy) is 1. The van der Waals surface area contributed by atoms with Crippen molar-refractivity contribution in [2.45, 2.75) is 33.4 Å². The van der Waals surface area contributed by atoms with Gasteiger partial charge in [-0.15, -0.1) is 0 Å². The molecular formula is C13H23N2O6P. The van der Waals surface area contributed by atoms with Gasteiger partial charge in [-0.2, -0.15) is 4.98 Å². The van der Waals surface area contributed by atoms with Crippen LogP contribution in [0.25, 0.3) is 0 Å². The molecule has 1 heterocycles. The standard InChI is InChI=1S/C13H23N2O6P/c1-4-20-22(18,21-5-2)10-19-12(9-16)8-15-7-6-11(3)14-13(15)17/h6-7,12,16H,4-5,8-10H2,1-3H3/t12-/m0/s1. The Hall–Kier alpha value is -1.05. The molecule has 1 atom stereocenters. The second-order valence-corrected chi connectivity index (χ2v) is 6.55. The van der Waals surface area contributed by atoms with Gasteiger partial charge >= 0.3 is 13.3 Å². The van der Waals surface area contributed by atoms with E-state index in [0.29, 0.717) is 5.69 Å². The molecule has 1 N–H and O–H groups in total. The predicted octanol–water partition coefficient (Wildman–Crippen LogP) is 1.15. The smallest absolute Gasteiger partial charge is 0.356 e. The second-order valence-electron chi connectivity index (χ2n) is 4.55. The Morgan fingerprint density at radius 3 is 2.50 bits per heavy atom. The number of aromatic nitrogens is 2. The van der Waals surface area contributed by atoms with Crippen LogP contribution in [0.15, 0.2) is 17.1 Å². The first kappa shape index (κ1) is 19.0. The maximum atomic E-state index is 12.3. The summed E-state index contributed by atoms with van der Waals surface area (Å²) in [5.74, 6) is 0. The highest BCUT2D eigenvalue weighted by atomic mass is 31.2. The van der Waals surface area contributed by atoms with Crippen LogP contribution in [0.4, 0.5) is 0 Å². The monoisotopic (exact) mass is 334 g/mol. The van der Waals surface area contributed by atoms with Crippen molar-refractivity contribution in [3.8, 4) is 0 Å². The van der Waals surface area contributed by atoms with Crippen LogP contribution in [0.3, 0.4) is 0 Å². The third-order valence-corrected chi connectivity index (χ3v) is 4.51. The van der Waals surface area contributed by atoms with E-state index >= 15 is 0 Å². The fourth-order valence-electron chi connectivity index (χ4n) is 1.74. The number of nitrogens with zero attached hydrogens (tertiary/aromatic N) is 2. The van der Waals surface area contributed by atoms with Crippen LogP contribution in [-0.2, 0) is 24.9 Å². The van der Waals surface area contributed by atoms with Crippen LogP contribution in [-0.4, -0.2) is 46.9 Å². The Kier molecular flexibility index (Phi) is 7.92. The van der Waals surface area contributed by atoms with Crippen molar-refractivity contribution in [2.75, 3.05) is 26.2 Å². The minimum atomic E-state index is -3.35. The van der Waals surface area contributed by atoms with Gasteiger partial charge in [0, 0.05) is 11.9 Å². The lowest BCUT2D eigenvalue weighted by atomic mass is 10.3. The lowest BCUT2D eigenvalue weighted by molar-refractivity contribution is 0.0147. The Bertz CT molecular complexity index is 552. The summed E-state index contributed by atoms with van der Waals surface area (Å²) in [6, 6.07) is 1.68. The Balaban J connectivity index is 2.68. The van der Waals surface area contributed by atoms with Gasteiger partial charge in [0.1, 0.15) is 6.35 Å². The van der Waals surface area contributed by atoms with Crippen molar-refractivity contribution in [3.63, 3.8) is 0 Å². The number of aliphatic hydroxyl groups excluding tert-OH is 1. The van der Waals surface area contributed by atoms with Crippen LogP contribution in [0.1, 0.15) is 19.5 Å². The van der Waals surface area contributed by atoms with Crippen LogP contribution >= 0.6 is 7.60 Å². The third kappa shape index (κ3) is 5.98. The van der Waals surface area contributed by atoms with E-state index in [0.717, 1.165) is 0 Å². The Morgan fingerprint density at radius 2 is 2.00 bits per heavy atom. The summed E-state index contributed by atoms with van der Waals surface area (Å²) < 4.78 is 29.2. The van der Waals surface area contributed by atoms with Gasteiger partial charge < -0.3 is 18.9 Å². The van der Waals surface area contributed by atoms with Crippen LogP contribution in [0.2, 0.25) is 0 Å². The first-order valence-electron chi connectivity index (χ1n) is 7.08. The fraction of sp³-hybridized carbons (Fsp3) is 0.692. The molecule has 0 amide bonds. The maximum absolute atomic E-state index is 12.3. The summed E-state index contributed by atoms with van der Waals surface area (Å²) in [4.78, 5) is 15.5. The molecule has 0 spiro atoms. The van der Waals surface area contributed by atoms with Crippen molar-refractivity contribution >= 4 is 7.60 Å². The molecule has 0 aliphatic heterocycles. The lowest BCUT2D eigenvalue weighted by Crippen LogP contribution is -2.32. The number of rotatable bonds is 10. The second kappa shape index (κ2) is 9.17. The topological polar surface area (TPSA) is 99.9 Å². The van der Waals surface area contributed by atoms with Gasteiger partial charge in [-0.1, -0.05) is 0 Å². The van der Waals surface area contributed by atoms with E-state index in [1.165, 1.54) is 4.57 Å². The maximum Gasteiger partial charge on any atom is 0.356 e. The predicted molar refractivity (Wildman–Crippen MR) is 80.9 cm³/mol. The quantitative estimate of drug-likeness (QED) is 0.641. The summed E-state index contributed by atoms with van der Waals surface area (Å²) in [6.45, 7) is 5.34. The number of hydrogen-bond donors (Lipinski definition) is 1. The highest BCUT2D eigenvalue weighted by Crippen LogP contribution is 2.48. The summed E-state index contributed by atoms with van der Waals surface area (Å²) >= 11 is 0. The molecule has 22 heavy (non-hydrogen) atoms. The van der Waals surface area contributed by atoms with Crippen LogP contribution in [0.5, 0.6) is 0 Å². The van der Waals surface area contributed by atoms with E-state index in [1.807, 2.05) is 0 Å². The van der Waals surface area contributed by atoms with E-state index in [4.69, 9.17) is 13.8 Å². The van der Waals surface area contributed by atoms with Gasteiger partial charge in [-0.3, -0.25) is 9.13 Å². The summed E-state index contributed by atoms with van der Waals surface area (Å²) in [7, 11) is -3.35. The van der Waals surface area contributed by atoms with E-state index in [-0.39, 0.29) is 32.7 Å². The van der Waals surface area contributed by atoms with E-state index in [1.54, 1.807) is 33.0 Å². The van der Waals surface area contributed by atoms with Gasteiger partial charge in [0.15, 0.2) is 0 Å². The van der Waals surface area contributed by atoms with Gasteiger partial charge in [0.2, 0.25) is 0 Å². The van der Waals surface area contributed by atoms with Gasteiger partial charge in [-0.05, 0) is 26.8 Å². The van der Waals surface area contributed by atoms with Crippen molar-refractivity contribution in [1.29, 1.82) is 0 Å². The van der Waals surface area contributed by atoms with Crippen molar-refractivity contribution in [2.24, 2.45) is 0 Å². The average Bonchev–Trinajstić information content (AvgIpc) is 2.46. The van der Waals surface area contributed by atoms with Gasteiger partial charge in [-0.25, -0.2) is 4.79 Å². The SMILES string of the molecule is CCOP(=O)(CO[C@H](CO)Cn1ccc(C)nc1=O)OCC. The molecule has 1 aromatic rings. The number of aryl methyl sites for hydroxylation is 1. The van der Waals surface area contributed by atoms with E-state index in [2.05, 4.69) is 4.98 Å². The van der Waals surface area contributed by atoms with Crippen molar-refractivity contribution in [1.82, 2.24) is 9.55 Å². The minimum Gasteiger partial charge on any atom is -0.394 e. The molecule has 9 heteroatoms. The molecule has 1 aromatic heterocycles. The molecular weight excluding hydrogens is 311 g/mol. The van der Waals surface area contributed by atoms with Crippen LogP contribution in [0, 0.1) is 6.92 Å². The zero-order valence-corrected chi connectivity index (χ0v) is 14.0. The Labute approximate surface area is 129 Å². The number of hydrogen-bond acceptors (Lipinski definition) is 7. The lowest BCUT2D eigenvalue weighted by Gasteiger charge is -2.21. The van der Waals surface area contributed by atoms with Crippen LogP contribution < -0.4 is 5.69 Å². The number of aliphatic hydroxyl groups is 1. The summed E-state index contributed by atoms with van der Waals surface area (Å²) in [5, 5.41) is 9.36. The molecule has 8 nitrogen and oxygen atoms in total. The molecule has 0 radical (unpaired) electrons. The normalized spacial score (nSPS) is 13.3. The molecule has 0 aliphatic carbocycles. The first-order chi connectivity index (χ1) is 10.4. The fourth-order valence-corrected chi connectivity index (χ4v) is 3.14. The molecule has 0 saturated heterocycles. The van der Waals surface area contributed by atoms with E-state index in [9.17, 15) is 14.5 Å². The molecule has 0 saturated carbocycles. The molecule has 126 valence electrons. The largest absolute Gasteiger partial charge is 0.394 e. The zero-order valence-electron chi connectivity index (χ0n) is 13.1. The summed E-state index contributed by atoms with van der Waals surface area (Å²) in [5.41, 5.74) is 0.180. The molecule has 0 unspecified atom stereocenters. The molecule has 0 bridgehead atoms. The first-order valence-corrected chi connectivity index (χ1v) is 8.81. The summed E-state index contributed by atoms with van der Waals surface area (Å²) in [6.07, 6.45) is 0.575. The van der Waals surface area contributed by atoms with E-state index < -0.39 is 19.4 Å². The highest BCUT2D eigenvalue weighted by Gasteiger charge is 2.26. The molecule has 0 aromatic carbocycles. The molecule has 0 fully saturated rings. The molecule has 0 aliphatic rings. The average molecular weight is 334 g/mol. The third-order valence-electron chi connectivity index (χ3n) is 2.74. The van der Waals surface area contributed by atoms with Gasteiger partial charge in [0.05, 0.1) is 32.5 Å².